The molecule has 1 aromatic heterocycles. The molecule has 2 saturated heterocycles. The number of methoxy groups -OCH3 is 1. The van der Waals surface area contributed by atoms with Gasteiger partial charge >= 0.3 is 5.97 Å². The number of piperidine rings is 2. The van der Waals surface area contributed by atoms with Crippen LogP contribution in [0, 0.1) is 19.8 Å². The molecule has 0 spiro atoms. The molecule has 8 heteroatoms. The van der Waals surface area contributed by atoms with E-state index in [1.54, 1.807) is 18.7 Å². The largest absolute Gasteiger partial charge is 0.465 e. The van der Waals surface area contributed by atoms with E-state index in [1.807, 2.05) is 0 Å². The molecule has 0 unspecified atom stereocenters. The Kier molecular flexibility index (Phi) is 8.12. The summed E-state index contributed by atoms with van der Waals surface area (Å²) in [4.78, 5) is 45.0. The van der Waals surface area contributed by atoms with Crippen molar-refractivity contribution in [2.75, 3.05) is 46.4 Å². The van der Waals surface area contributed by atoms with Crippen LogP contribution in [0.5, 0.6) is 0 Å². The van der Waals surface area contributed by atoms with Crippen LogP contribution < -0.4 is 5.32 Å². The molecule has 0 saturated carbocycles. The Hall–Kier alpha value is -2.35. The predicted octanol–water partition coefficient (Wildman–Crippen LogP) is 2.26. The molecule has 2 aliphatic rings. The van der Waals surface area contributed by atoms with Gasteiger partial charge in [-0.15, -0.1) is 0 Å². The van der Waals surface area contributed by atoms with Gasteiger partial charge in [-0.3, -0.25) is 9.59 Å². The number of carbonyl (C=O) groups excluding carboxylic acids is 3. The molecule has 2 N–H and O–H groups in total. The second-order valence-electron chi connectivity index (χ2n) is 8.75. The number of aryl methyl sites for hydroxylation is 1. The van der Waals surface area contributed by atoms with E-state index in [4.69, 9.17) is 4.74 Å². The van der Waals surface area contributed by atoms with Gasteiger partial charge < -0.3 is 24.8 Å². The van der Waals surface area contributed by atoms with Crippen LogP contribution in [0.3, 0.4) is 0 Å². The van der Waals surface area contributed by atoms with Gasteiger partial charge in [0.05, 0.1) is 18.6 Å². The highest BCUT2D eigenvalue weighted by Gasteiger charge is 2.31. The minimum absolute atomic E-state index is 0.0331. The van der Waals surface area contributed by atoms with Crippen molar-refractivity contribution in [2.24, 2.45) is 5.92 Å². The summed E-state index contributed by atoms with van der Waals surface area (Å²) in [6.07, 6.45) is 6.42. The molecule has 1 atom stereocenters. The van der Waals surface area contributed by atoms with Crippen LogP contribution in [-0.4, -0.2) is 78.9 Å². The number of hydrogen-bond donors (Lipinski definition) is 2. The van der Waals surface area contributed by atoms with Crippen molar-refractivity contribution in [3.63, 3.8) is 0 Å². The number of nitrogens with one attached hydrogen (secondary N) is 2. The van der Waals surface area contributed by atoms with E-state index in [1.165, 1.54) is 39.5 Å². The number of aromatic nitrogens is 1. The number of carbonyl (C=O) groups is 3. The smallest absolute Gasteiger partial charge is 0.339 e. The number of aromatic amines is 1. The van der Waals surface area contributed by atoms with E-state index in [0.717, 1.165) is 25.8 Å². The monoisotopic (exact) mass is 432 g/mol. The van der Waals surface area contributed by atoms with Gasteiger partial charge in [-0.25, -0.2) is 4.79 Å². The molecule has 2 amide bonds. The Balaban J connectivity index is 1.52. The third-order valence-corrected chi connectivity index (χ3v) is 6.52. The van der Waals surface area contributed by atoms with Crippen LogP contribution in [0.15, 0.2) is 0 Å². The van der Waals surface area contributed by atoms with Crippen LogP contribution in [0.2, 0.25) is 0 Å². The molecule has 0 bridgehead atoms. The first-order valence-electron chi connectivity index (χ1n) is 11.5. The fraction of sp³-hybridized carbons (Fsp3) is 0.696. The minimum atomic E-state index is -0.453. The first-order valence-corrected chi connectivity index (χ1v) is 11.5. The average molecular weight is 433 g/mol. The number of nitrogens with zero attached hydrogens (tertiary/aromatic N) is 2. The number of amides is 2. The van der Waals surface area contributed by atoms with Crippen molar-refractivity contribution >= 4 is 17.8 Å². The van der Waals surface area contributed by atoms with Gasteiger partial charge in [0.2, 0.25) is 5.91 Å². The van der Waals surface area contributed by atoms with Crippen molar-refractivity contribution < 1.29 is 19.1 Å². The zero-order valence-electron chi connectivity index (χ0n) is 19.1. The number of rotatable bonds is 7. The highest BCUT2D eigenvalue weighted by Crippen LogP contribution is 2.23. The van der Waals surface area contributed by atoms with E-state index in [2.05, 4.69) is 15.2 Å². The summed E-state index contributed by atoms with van der Waals surface area (Å²) in [6, 6.07) is 0. The maximum absolute atomic E-state index is 13.1. The van der Waals surface area contributed by atoms with Crippen LogP contribution >= 0.6 is 0 Å². The lowest BCUT2D eigenvalue weighted by molar-refractivity contribution is -0.126. The van der Waals surface area contributed by atoms with Crippen molar-refractivity contribution in [2.45, 2.75) is 52.4 Å². The predicted molar refractivity (Wildman–Crippen MR) is 118 cm³/mol. The summed E-state index contributed by atoms with van der Waals surface area (Å²) in [7, 11) is 1.33. The normalized spacial score (nSPS) is 19.8. The highest BCUT2D eigenvalue weighted by atomic mass is 16.5. The summed E-state index contributed by atoms with van der Waals surface area (Å²) in [5.41, 5.74) is 2.03. The van der Waals surface area contributed by atoms with E-state index in [0.29, 0.717) is 42.1 Å². The summed E-state index contributed by atoms with van der Waals surface area (Å²) in [5.74, 6) is -0.779. The first-order chi connectivity index (χ1) is 14.9. The quantitative estimate of drug-likeness (QED) is 0.509. The van der Waals surface area contributed by atoms with Crippen molar-refractivity contribution in [1.82, 2.24) is 20.1 Å². The van der Waals surface area contributed by atoms with Crippen LogP contribution in [0.25, 0.3) is 0 Å². The molecule has 2 fully saturated rings. The Bertz CT molecular complexity index is 798. The molecule has 0 aromatic carbocycles. The van der Waals surface area contributed by atoms with Gasteiger partial charge in [0.1, 0.15) is 5.69 Å². The lowest BCUT2D eigenvalue weighted by Crippen LogP contribution is -2.46. The van der Waals surface area contributed by atoms with Crippen molar-refractivity contribution in [3.05, 3.63) is 22.5 Å². The number of hydrogen-bond acceptors (Lipinski definition) is 5. The highest BCUT2D eigenvalue weighted by molar-refractivity contribution is 6.00. The molecule has 3 rings (SSSR count). The molecule has 1 aromatic rings. The Morgan fingerprint density at radius 3 is 2.55 bits per heavy atom. The Labute approximate surface area is 184 Å². The van der Waals surface area contributed by atoms with Gasteiger partial charge in [-0.1, -0.05) is 6.42 Å². The van der Waals surface area contributed by atoms with E-state index in [9.17, 15) is 14.4 Å². The van der Waals surface area contributed by atoms with Crippen molar-refractivity contribution in [1.29, 1.82) is 0 Å². The fourth-order valence-corrected chi connectivity index (χ4v) is 4.75. The zero-order chi connectivity index (χ0) is 22.4. The van der Waals surface area contributed by atoms with E-state index >= 15 is 0 Å². The molecule has 3 heterocycles. The first kappa shape index (κ1) is 23.3. The SMILES string of the molecule is COC(=O)c1c(C)[nH]c(C(=O)N2CCC[C@H](C(=O)NCCCN3CCCCC3)C2)c1C. The average Bonchev–Trinajstić information content (AvgIpc) is 3.10. The Morgan fingerprint density at radius 2 is 1.84 bits per heavy atom. The van der Waals surface area contributed by atoms with E-state index in [-0.39, 0.29) is 17.7 Å². The van der Waals surface area contributed by atoms with Gasteiger partial charge in [-0.05, 0) is 71.1 Å². The molecule has 31 heavy (non-hydrogen) atoms. The lowest BCUT2D eigenvalue weighted by atomic mass is 9.96. The molecular formula is C23H36N4O4. The maximum Gasteiger partial charge on any atom is 0.339 e. The molecule has 0 aliphatic carbocycles. The number of likely N-dealkylation sites (tertiary alicyclic amines) is 2. The van der Waals surface area contributed by atoms with Gasteiger partial charge in [0.25, 0.3) is 5.91 Å². The molecule has 0 radical (unpaired) electrons. The summed E-state index contributed by atoms with van der Waals surface area (Å²) < 4.78 is 4.83. The maximum atomic E-state index is 13.1. The number of esters is 1. The lowest BCUT2D eigenvalue weighted by Gasteiger charge is -2.32. The standard InChI is InChI=1S/C23H36N4O4/c1-16-19(23(30)31-3)17(2)25-20(16)22(29)27-14-7-9-18(15-27)21(28)24-10-8-13-26-11-5-4-6-12-26/h18,25H,4-15H2,1-3H3,(H,24,28)/t18-/m0/s1. The minimum Gasteiger partial charge on any atom is -0.465 e. The molecule has 2 aliphatic heterocycles. The fourth-order valence-electron chi connectivity index (χ4n) is 4.75. The van der Waals surface area contributed by atoms with Crippen LogP contribution in [0.1, 0.15) is 70.6 Å². The topological polar surface area (TPSA) is 94.7 Å². The molecular weight excluding hydrogens is 396 g/mol. The van der Waals surface area contributed by atoms with Gasteiger partial charge in [-0.2, -0.15) is 0 Å². The second-order valence-corrected chi connectivity index (χ2v) is 8.75. The number of H-pyrrole nitrogens is 1. The third kappa shape index (κ3) is 5.67. The van der Waals surface area contributed by atoms with Crippen molar-refractivity contribution in [3.8, 4) is 0 Å². The molecule has 172 valence electrons. The summed E-state index contributed by atoms with van der Waals surface area (Å²) >= 11 is 0. The van der Waals surface area contributed by atoms with Gasteiger partial charge in [0, 0.05) is 25.3 Å². The second kappa shape index (κ2) is 10.8. The molecule has 8 nitrogen and oxygen atoms in total. The summed E-state index contributed by atoms with van der Waals surface area (Å²) in [5, 5.41) is 3.07. The number of ether oxygens (including phenoxy) is 1. The van der Waals surface area contributed by atoms with E-state index < -0.39 is 5.97 Å². The Morgan fingerprint density at radius 1 is 1.10 bits per heavy atom. The third-order valence-electron chi connectivity index (χ3n) is 6.52. The summed E-state index contributed by atoms with van der Waals surface area (Å²) in [6.45, 7) is 8.57. The van der Waals surface area contributed by atoms with Gasteiger partial charge in [0.15, 0.2) is 0 Å². The van der Waals surface area contributed by atoms with Crippen LogP contribution in [0.4, 0.5) is 0 Å². The van der Waals surface area contributed by atoms with Crippen LogP contribution in [-0.2, 0) is 9.53 Å². The zero-order valence-corrected chi connectivity index (χ0v) is 19.1.